The summed E-state index contributed by atoms with van der Waals surface area (Å²) in [5, 5.41) is 2.82. The highest BCUT2D eigenvalue weighted by Crippen LogP contribution is 2.36. The molecule has 0 saturated carbocycles. The third kappa shape index (κ3) is 4.42. The maximum absolute atomic E-state index is 13.1. The molecule has 0 spiro atoms. The molecule has 0 bridgehead atoms. The van der Waals surface area contributed by atoms with Crippen LogP contribution in [-0.2, 0) is 11.3 Å². The molecule has 2 heterocycles. The van der Waals surface area contributed by atoms with Crippen LogP contribution in [0.1, 0.15) is 12.5 Å². The number of carbonyl (C=O) groups excluding carboxylic acids is 2. The highest BCUT2D eigenvalue weighted by Gasteiger charge is 2.47. The molecule has 0 radical (unpaired) electrons. The van der Waals surface area contributed by atoms with E-state index in [2.05, 4.69) is 15.3 Å². The Labute approximate surface area is 187 Å². The Morgan fingerprint density at radius 3 is 2.35 bits per heavy atom. The van der Waals surface area contributed by atoms with E-state index in [1.807, 2.05) is 67.6 Å². The number of fused-ring (bicyclic) bond motifs is 1. The number of likely N-dealkylation sites (N-methyl/N-ethyl adjacent to an activating group) is 2. The summed E-state index contributed by atoms with van der Waals surface area (Å²) in [7, 11) is 1.72. The molecule has 3 aromatic rings. The van der Waals surface area contributed by atoms with Crippen molar-refractivity contribution in [2.45, 2.75) is 13.5 Å². The molecule has 3 amide bonds. The van der Waals surface area contributed by atoms with Crippen LogP contribution in [0.5, 0.6) is 0 Å². The lowest BCUT2D eigenvalue weighted by Crippen LogP contribution is -2.55. The molecule has 0 fully saturated rings. The smallest absolute Gasteiger partial charge is 0.334 e. The fourth-order valence-corrected chi connectivity index (χ4v) is 3.60. The van der Waals surface area contributed by atoms with Gasteiger partial charge in [-0.3, -0.25) is 10.1 Å². The lowest BCUT2D eigenvalue weighted by Gasteiger charge is -2.27. The van der Waals surface area contributed by atoms with Crippen molar-refractivity contribution in [2.24, 2.45) is 0 Å². The molecule has 8 heteroatoms. The highest BCUT2D eigenvalue weighted by molar-refractivity contribution is 6.08. The largest absolute Gasteiger partial charge is 0.427 e. The number of nitrogens with zero attached hydrogens (tertiary/aromatic N) is 4. The van der Waals surface area contributed by atoms with Gasteiger partial charge in [0.15, 0.2) is 12.4 Å². The quantitative estimate of drug-likeness (QED) is 0.588. The zero-order chi connectivity index (χ0) is 21.1. The molecule has 1 aliphatic heterocycles. The van der Waals surface area contributed by atoms with E-state index in [1.165, 1.54) is 0 Å². The molecule has 160 valence electrons. The van der Waals surface area contributed by atoms with Crippen molar-refractivity contribution in [3.05, 3.63) is 72.4 Å². The number of amides is 3. The van der Waals surface area contributed by atoms with Gasteiger partial charge in [0.25, 0.3) is 11.7 Å². The summed E-state index contributed by atoms with van der Waals surface area (Å²) in [5.41, 5.74) is 2.45. The number of rotatable bonds is 6. The summed E-state index contributed by atoms with van der Waals surface area (Å²) in [6, 6.07) is 19.1. The molecular formula is C23H25ClN5O2+. The molecule has 2 aromatic carbocycles. The summed E-state index contributed by atoms with van der Waals surface area (Å²) in [4.78, 5) is 36.8. The van der Waals surface area contributed by atoms with Gasteiger partial charge >= 0.3 is 6.03 Å². The van der Waals surface area contributed by atoms with Crippen molar-refractivity contribution in [3.8, 4) is 11.4 Å². The van der Waals surface area contributed by atoms with Gasteiger partial charge in [-0.2, -0.15) is 9.47 Å². The number of urea groups is 1. The molecule has 1 aliphatic rings. The lowest BCUT2D eigenvalue weighted by molar-refractivity contribution is -0.131. The Morgan fingerprint density at radius 1 is 1.06 bits per heavy atom. The van der Waals surface area contributed by atoms with Crippen LogP contribution in [0.15, 0.2) is 66.9 Å². The first-order valence-corrected chi connectivity index (χ1v) is 9.93. The summed E-state index contributed by atoms with van der Waals surface area (Å²) in [5.74, 6) is 0.934. The summed E-state index contributed by atoms with van der Waals surface area (Å²) >= 11 is 0. The molecule has 1 atom stereocenters. The van der Waals surface area contributed by atoms with E-state index < -0.39 is 0 Å². The van der Waals surface area contributed by atoms with Crippen molar-refractivity contribution >= 4 is 35.9 Å². The second kappa shape index (κ2) is 9.24. The first-order valence-electron chi connectivity index (χ1n) is 9.93. The maximum atomic E-state index is 13.1. The summed E-state index contributed by atoms with van der Waals surface area (Å²) in [6.07, 6.45) is 1.61. The molecule has 0 aliphatic carbocycles. The molecule has 4 rings (SSSR count). The lowest BCUT2D eigenvalue weighted by atomic mass is 10.2. The van der Waals surface area contributed by atoms with Crippen LogP contribution in [0.25, 0.3) is 11.4 Å². The van der Waals surface area contributed by atoms with Gasteiger partial charge in [0.05, 0.1) is 13.2 Å². The minimum absolute atomic E-state index is 0. The first kappa shape index (κ1) is 22.4. The second-order valence-electron chi connectivity index (χ2n) is 7.47. The Morgan fingerprint density at radius 2 is 1.71 bits per heavy atom. The van der Waals surface area contributed by atoms with Crippen molar-refractivity contribution < 1.29 is 9.59 Å². The van der Waals surface area contributed by atoms with Gasteiger partial charge in [0.1, 0.15) is 5.69 Å². The van der Waals surface area contributed by atoms with E-state index in [-0.39, 0.29) is 35.4 Å². The van der Waals surface area contributed by atoms with Crippen LogP contribution in [0.2, 0.25) is 0 Å². The SMILES string of the molecule is CCN(Cc1ccccc1)C(=O)C[N+]1(C)C(=O)Nc2cnc(-c3ccccc3)nc21.Cl. The number of benzene rings is 2. The number of halogens is 1. The van der Waals surface area contributed by atoms with Gasteiger partial charge in [-0.25, -0.2) is 9.78 Å². The van der Waals surface area contributed by atoms with E-state index in [1.54, 1.807) is 18.1 Å². The van der Waals surface area contributed by atoms with Crippen molar-refractivity contribution in [1.82, 2.24) is 19.4 Å². The first-order chi connectivity index (χ1) is 14.5. The summed E-state index contributed by atoms with van der Waals surface area (Å²) in [6.45, 7) is 2.99. The molecule has 7 nitrogen and oxygen atoms in total. The van der Waals surface area contributed by atoms with E-state index >= 15 is 0 Å². The molecule has 31 heavy (non-hydrogen) atoms. The minimum Gasteiger partial charge on any atom is -0.334 e. The second-order valence-corrected chi connectivity index (χ2v) is 7.47. The number of aromatic nitrogens is 2. The Balaban J connectivity index is 0.00000272. The van der Waals surface area contributed by atoms with E-state index in [9.17, 15) is 9.59 Å². The number of hydrogen-bond acceptors (Lipinski definition) is 4. The monoisotopic (exact) mass is 438 g/mol. The van der Waals surface area contributed by atoms with Crippen LogP contribution in [-0.4, -0.2) is 46.9 Å². The number of anilines is 1. The zero-order valence-electron chi connectivity index (χ0n) is 17.5. The van der Waals surface area contributed by atoms with Crippen molar-refractivity contribution in [2.75, 3.05) is 25.5 Å². The highest BCUT2D eigenvalue weighted by atomic mass is 35.5. The standard InChI is InChI=1S/C23H23N5O2.ClH/c1-3-27(15-17-10-6-4-7-11-17)20(29)16-28(2)22-19(25-23(28)30)14-24-21(26-22)18-12-8-5-9-13-18;/h4-14H,3,15-16H2,1-2H3;1H/p+1. The average molecular weight is 439 g/mol. The number of quaternary nitrogens is 1. The fourth-order valence-electron chi connectivity index (χ4n) is 3.60. The fraction of sp³-hybridized carbons (Fsp3) is 0.217. The predicted molar refractivity (Wildman–Crippen MR) is 124 cm³/mol. The zero-order valence-corrected chi connectivity index (χ0v) is 18.3. The van der Waals surface area contributed by atoms with E-state index in [4.69, 9.17) is 0 Å². The van der Waals surface area contributed by atoms with Gasteiger partial charge in [0.2, 0.25) is 0 Å². The molecular weight excluding hydrogens is 414 g/mol. The predicted octanol–water partition coefficient (Wildman–Crippen LogP) is 4.10. The van der Waals surface area contributed by atoms with Gasteiger partial charge in [-0.05, 0) is 12.5 Å². The van der Waals surface area contributed by atoms with Crippen LogP contribution in [0, 0.1) is 0 Å². The van der Waals surface area contributed by atoms with Gasteiger partial charge in [-0.1, -0.05) is 60.7 Å². The number of nitrogens with one attached hydrogen (secondary N) is 1. The van der Waals surface area contributed by atoms with Crippen LogP contribution >= 0.6 is 12.4 Å². The summed E-state index contributed by atoms with van der Waals surface area (Å²) < 4.78 is -0.234. The Kier molecular flexibility index (Phi) is 6.68. The van der Waals surface area contributed by atoms with Crippen LogP contribution in [0.3, 0.4) is 0 Å². The van der Waals surface area contributed by atoms with E-state index in [0.29, 0.717) is 30.4 Å². The Bertz CT molecular complexity index is 1080. The topological polar surface area (TPSA) is 75.2 Å². The number of carbonyl (C=O) groups is 2. The van der Waals surface area contributed by atoms with E-state index in [0.717, 1.165) is 11.1 Å². The van der Waals surface area contributed by atoms with Crippen LogP contribution in [0.4, 0.5) is 16.3 Å². The average Bonchev–Trinajstić information content (AvgIpc) is 3.02. The van der Waals surface area contributed by atoms with Crippen molar-refractivity contribution in [3.63, 3.8) is 0 Å². The van der Waals surface area contributed by atoms with Gasteiger partial charge < -0.3 is 4.90 Å². The normalized spacial score (nSPS) is 16.8. The molecule has 0 saturated heterocycles. The molecule has 1 N–H and O–H groups in total. The third-order valence-electron chi connectivity index (χ3n) is 5.36. The molecule has 1 unspecified atom stereocenters. The number of hydrogen-bond donors (Lipinski definition) is 1. The third-order valence-corrected chi connectivity index (χ3v) is 5.36. The van der Waals surface area contributed by atoms with Gasteiger partial charge in [-0.15, -0.1) is 12.4 Å². The van der Waals surface area contributed by atoms with Crippen molar-refractivity contribution in [1.29, 1.82) is 0 Å². The maximum Gasteiger partial charge on any atom is 0.427 e. The Hall–Kier alpha value is -3.29. The van der Waals surface area contributed by atoms with Crippen LogP contribution < -0.4 is 9.80 Å². The van der Waals surface area contributed by atoms with Gasteiger partial charge in [0, 0.05) is 18.7 Å². The molecule has 1 aromatic heterocycles. The minimum atomic E-state index is -0.284.